The minimum atomic E-state index is -3.43. The maximum Gasteiger partial charge on any atom is 0.258 e. The van der Waals surface area contributed by atoms with Crippen LogP contribution < -0.4 is 5.32 Å². The highest BCUT2D eigenvalue weighted by Gasteiger charge is 2.19. The first kappa shape index (κ1) is 15.5. The number of hydrogen-bond acceptors (Lipinski definition) is 4. The van der Waals surface area contributed by atoms with Crippen molar-refractivity contribution in [2.45, 2.75) is 11.8 Å². The number of carbonyl (C=O) groups excluding carboxylic acids is 1. The van der Waals surface area contributed by atoms with Gasteiger partial charge in [0, 0.05) is 6.20 Å². The summed E-state index contributed by atoms with van der Waals surface area (Å²) < 4.78 is 24.0. The Bertz CT molecular complexity index is 775. The molecule has 7 heteroatoms. The van der Waals surface area contributed by atoms with Crippen molar-refractivity contribution in [2.24, 2.45) is 0 Å². The molecule has 0 aliphatic carbocycles. The van der Waals surface area contributed by atoms with Crippen molar-refractivity contribution in [3.05, 3.63) is 53.3 Å². The van der Waals surface area contributed by atoms with Crippen molar-refractivity contribution in [3.8, 4) is 0 Å². The van der Waals surface area contributed by atoms with E-state index < -0.39 is 15.7 Å². The second kappa shape index (κ2) is 6.24. The van der Waals surface area contributed by atoms with Crippen LogP contribution in [0.2, 0.25) is 5.15 Å². The standard InChI is InChI=1S/C14H13ClN2O3S/c1-2-21(19,20)12-8-4-3-7-11(12)17-14(18)10-6-5-9-16-13(10)15/h3-9H,2H2,1H3,(H,17,18). The smallest absolute Gasteiger partial charge is 0.258 e. The summed E-state index contributed by atoms with van der Waals surface area (Å²) in [5.74, 6) is -0.556. The molecule has 0 aliphatic heterocycles. The zero-order valence-corrected chi connectivity index (χ0v) is 12.8. The van der Waals surface area contributed by atoms with E-state index in [1.807, 2.05) is 0 Å². The highest BCUT2D eigenvalue weighted by atomic mass is 35.5. The van der Waals surface area contributed by atoms with Gasteiger partial charge in [0.25, 0.3) is 5.91 Å². The largest absolute Gasteiger partial charge is 0.321 e. The van der Waals surface area contributed by atoms with Crippen LogP contribution in [0.4, 0.5) is 5.69 Å². The van der Waals surface area contributed by atoms with Crippen molar-refractivity contribution in [1.29, 1.82) is 0 Å². The topological polar surface area (TPSA) is 76.1 Å². The van der Waals surface area contributed by atoms with Crippen LogP contribution in [0.5, 0.6) is 0 Å². The summed E-state index contributed by atoms with van der Waals surface area (Å²) in [6.07, 6.45) is 1.47. The molecule has 0 saturated carbocycles. The Labute approximate surface area is 127 Å². The zero-order valence-electron chi connectivity index (χ0n) is 11.2. The fraction of sp³-hybridized carbons (Fsp3) is 0.143. The molecular weight excluding hydrogens is 312 g/mol. The molecule has 2 aromatic rings. The van der Waals surface area contributed by atoms with Gasteiger partial charge in [-0.1, -0.05) is 30.7 Å². The van der Waals surface area contributed by atoms with E-state index in [1.54, 1.807) is 25.1 Å². The Balaban J connectivity index is 2.38. The average Bonchev–Trinajstić information content (AvgIpc) is 2.48. The number of benzene rings is 1. The Hall–Kier alpha value is -1.92. The molecule has 0 unspecified atom stereocenters. The summed E-state index contributed by atoms with van der Waals surface area (Å²) in [7, 11) is -3.43. The maximum atomic E-state index is 12.2. The first-order valence-corrected chi connectivity index (χ1v) is 8.22. The molecular formula is C14H13ClN2O3S. The van der Waals surface area contributed by atoms with Crippen LogP contribution in [0.15, 0.2) is 47.5 Å². The van der Waals surface area contributed by atoms with E-state index in [9.17, 15) is 13.2 Å². The number of pyridine rings is 1. The zero-order chi connectivity index (χ0) is 15.5. The molecule has 0 fully saturated rings. The van der Waals surface area contributed by atoms with E-state index in [2.05, 4.69) is 10.3 Å². The molecule has 5 nitrogen and oxygen atoms in total. The molecule has 0 atom stereocenters. The number of para-hydroxylation sites is 1. The van der Waals surface area contributed by atoms with E-state index in [0.29, 0.717) is 0 Å². The van der Waals surface area contributed by atoms with Gasteiger partial charge in [0.05, 0.1) is 21.9 Å². The van der Waals surface area contributed by atoms with Gasteiger partial charge in [-0.25, -0.2) is 13.4 Å². The molecule has 1 amide bonds. The number of rotatable bonds is 4. The van der Waals surface area contributed by atoms with Gasteiger partial charge >= 0.3 is 0 Å². The third kappa shape index (κ3) is 3.40. The molecule has 110 valence electrons. The van der Waals surface area contributed by atoms with E-state index >= 15 is 0 Å². The number of hydrogen-bond donors (Lipinski definition) is 1. The van der Waals surface area contributed by atoms with Gasteiger partial charge in [-0.05, 0) is 24.3 Å². The molecule has 2 rings (SSSR count). The summed E-state index contributed by atoms with van der Waals surface area (Å²) in [5, 5.41) is 2.63. The fourth-order valence-corrected chi connectivity index (χ4v) is 3.00. The van der Waals surface area contributed by atoms with Crippen LogP contribution in [0.1, 0.15) is 17.3 Å². The minimum absolute atomic E-state index is 0.0481. The molecule has 21 heavy (non-hydrogen) atoms. The maximum absolute atomic E-state index is 12.2. The van der Waals surface area contributed by atoms with Crippen LogP contribution in [-0.4, -0.2) is 25.1 Å². The molecule has 1 heterocycles. The molecule has 1 aromatic carbocycles. The Kier molecular flexibility index (Phi) is 4.59. The molecule has 0 saturated heterocycles. The number of nitrogens with one attached hydrogen (secondary N) is 1. The van der Waals surface area contributed by atoms with Gasteiger partial charge in [-0.15, -0.1) is 0 Å². The van der Waals surface area contributed by atoms with E-state index in [1.165, 1.54) is 24.4 Å². The Morgan fingerprint density at radius 1 is 1.24 bits per heavy atom. The minimum Gasteiger partial charge on any atom is -0.321 e. The lowest BCUT2D eigenvalue weighted by molar-refractivity contribution is 0.102. The first-order valence-electron chi connectivity index (χ1n) is 6.19. The average molecular weight is 325 g/mol. The normalized spacial score (nSPS) is 11.1. The number of amides is 1. The molecule has 1 N–H and O–H groups in total. The van der Waals surface area contributed by atoms with Crippen LogP contribution in [0.3, 0.4) is 0 Å². The van der Waals surface area contributed by atoms with Crippen molar-refractivity contribution in [3.63, 3.8) is 0 Å². The molecule has 0 spiro atoms. The van der Waals surface area contributed by atoms with Crippen molar-refractivity contribution in [2.75, 3.05) is 11.1 Å². The van der Waals surface area contributed by atoms with Crippen molar-refractivity contribution >= 4 is 33.0 Å². The Morgan fingerprint density at radius 3 is 2.62 bits per heavy atom. The fourth-order valence-electron chi connectivity index (χ4n) is 1.74. The van der Waals surface area contributed by atoms with Crippen LogP contribution >= 0.6 is 11.6 Å². The third-order valence-electron chi connectivity index (χ3n) is 2.85. The summed E-state index contributed by atoms with van der Waals surface area (Å²) >= 11 is 5.85. The van der Waals surface area contributed by atoms with E-state index in [0.717, 1.165) is 0 Å². The van der Waals surface area contributed by atoms with Crippen LogP contribution in [-0.2, 0) is 9.84 Å². The number of carbonyl (C=O) groups is 1. The second-order valence-corrected chi connectivity index (χ2v) is 6.80. The highest BCUT2D eigenvalue weighted by molar-refractivity contribution is 7.91. The highest BCUT2D eigenvalue weighted by Crippen LogP contribution is 2.23. The molecule has 0 radical (unpaired) electrons. The molecule has 1 aromatic heterocycles. The lowest BCUT2D eigenvalue weighted by atomic mass is 10.2. The van der Waals surface area contributed by atoms with Crippen LogP contribution in [0.25, 0.3) is 0 Å². The Morgan fingerprint density at radius 2 is 1.95 bits per heavy atom. The van der Waals surface area contributed by atoms with Gasteiger partial charge in [0.15, 0.2) is 9.84 Å². The van der Waals surface area contributed by atoms with Gasteiger partial charge < -0.3 is 5.32 Å². The predicted molar refractivity (Wildman–Crippen MR) is 81.4 cm³/mol. The van der Waals surface area contributed by atoms with Gasteiger partial charge in [0.2, 0.25) is 0 Å². The van der Waals surface area contributed by atoms with Crippen molar-refractivity contribution in [1.82, 2.24) is 4.98 Å². The summed E-state index contributed by atoms with van der Waals surface area (Å²) in [6.45, 7) is 1.55. The van der Waals surface area contributed by atoms with E-state index in [4.69, 9.17) is 11.6 Å². The van der Waals surface area contributed by atoms with Gasteiger partial charge in [-0.2, -0.15) is 0 Å². The monoisotopic (exact) mass is 324 g/mol. The lowest BCUT2D eigenvalue weighted by Gasteiger charge is -2.11. The molecule has 0 aliphatic rings. The summed E-state index contributed by atoms with van der Waals surface area (Å²) in [5.41, 5.74) is 0.409. The van der Waals surface area contributed by atoms with Crippen LogP contribution in [0, 0.1) is 0 Å². The summed E-state index contributed by atoms with van der Waals surface area (Å²) in [4.78, 5) is 16.1. The predicted octanol–water partition coefficient (Wildman–Crippen LogP) is 2.78. The number of sulfone groups is 1. The van der Waals surface area contributed by atoms with Crippen molar-refractivity contribution < 1.29 is 13.2 Å². The number of anilines is 1. The SMILES string of the molecule is CCS(=O)(=O)c1ccccc1NC(=O)c1cccnc1Cl. The second-order valence-electron chi connectivity index (χ2n) is 4.20. The third-order valence-corrected chi connectivity index (χ3v) is 4.94. The lowest BCUT2D eigenvalue weighted by Crippen LogP contribution is -2.16. The van der Waals surface area contributed by atoms with Gasteiger partial charge in [-0.3, -0.25) is 4.79 Å². The summed E-state index contributed by atoms with van der Waals surface area (Å²) in [6, 6.07) is 9.34. The number of aromatic nitrogens is 1. The first-order chi connectivity index (χ1) is 9.95. The number of nitrogens with zero attached hydrogens (tertiary/aromatic N) is 1. The van der Waals surface area contributed by atoms with Gasteiger partial charge in [0.1, 0.15) is 5.15 Å². The number of halogens is 1. The quantitative estimate of drug-likeness (QED) is 0.877. The van der Waals surface area contributed by atoms with E-state index in [-0.39, 0.29) is 27.1 Å². The molecule has 0 bridgehead atoms.